The van der Waals surface area contributed by atoms with Crippen LogP contribution in [0.5, 0.6) is 0 Å². The van der Waals surface area contributed by atoms with Crippen LogP contribution in [-0.4, -0.2) is 36.5 Å². The van der Waals surface area contributed by atoms with E-state index in [4.69, 9.17) is 4.74 Å². The molecule has 1 aliphatic heterocycles. The van der Waals surface area contributed by atoms with Gasteiger partial charge in [0.15, 0.2) is 0 Å². The molecular weight excluding hydrogens is 190 g/mol. The second-order valence-electron chi connectivity index (χ2n) is 5.13. The molecule has 3 heteroatoms. The number of hydrogen-bond donors (Lipinski definition) is 2. The predicted molar refractivity (Wildman–Crippen MR) is 61.9 cm³/mol. The van der Waals surface area contributed by atoms with E-state index in [2.05, 4.69) is 5.32 Å². The third-order valence-electron chi connectivity index (χ3n) is 3.37. The van der Waals surface area contributed by atoms with Gasteiger partial charge in [-0.3, -0.25) is 0 Å². The number of hydrogen-bond acceptors (Lipinski definition) is 3. The molecular formula is C12H25NO2. The van der Waals surface area contributed by atoms with Crippen LogP contribution in [0.2, 0.25) is 0 Å². The summed E-state index contributed by atoms with van der Waals surface area (Å²) in [6, 6.07) is 0. The summed E-state index contributed by atoms with van der Waals surface area (Å²) in [6.45, 7) is 8.37. The number of rotatable bonds is 5. The van der Waals surface area contributed by atoms with Gasteiger partial charge in [-0.25, -0.2) is 0 Å². The van der Waals surface area contributed by atoms with Crippen molar-refractivity contribution in [3.8, 4) is 0 Å². The fourth-order valence-corrected chi connectivity index (χ4v) is 1.66. The van der Waals surface area contributed by atoms with Crippen LogP contribution < -0.4 is 5.32 Å². The average molecular weight is 215 g/mol. The first kappa shape index (κ1) is 12.9. The summed E-state index contributed by atoms with van der Waals surface area (Å²) >= 11 is 0. The van der Waals surface area contributed by atoms with Gasteiger partial charge in [0, 0.05) is 19.7 Å². The molecule has 15 heavy (non-hydrogen) atoms. The van der Waals surface area contributed by atoms with Crippen LogP contribution in [0, 0.1) is 5.92 Å². The Morgan fingerprint density at radius 3 is 2.73 bits per heavy atom. The molecule has 0 amide bonds. The summed E-state index contributed by atoms with van der Waals surface area (Å²) in [5.74, 6) is 0.275. The average Bonchev–Trinajstić information content (AvgIpc) is 2.19. The SMILES string of the molecule is CC(C)C(C)(O)CNCC1CCCCO1. The zero-order valence-corrected chi connectivity index (χ0v) is 10.3. The molecule has 2 unspecified atom stereocenters. The van der Waals surface area contributed by atoms with Crippen molar-refractivity contribution < 1.29 is 9.84 Å². The fraction of sp³-hybridized carbons (Fsp3) is 1.00. The van der Waals surface area contributed by atoms with Crippen LogP contribution in [-0.2, 0) is 4.74 Å². The molecule has 0 aliphatic carbocycles. The number of ether oxygens (including phenoxy) is 1. The first-order valence-corrected chi connectivity index (χ1v) is 6.07. The van der Waals surface area contributed by atoms with E-state index in [1.165, 1.54) is 12.8 Å². The smallest absolute Gasteiger partial charge is 0.0766 e. The molecule has 0 radical (unpaired) electrons. The molecule has 1 rings (SSSR count). The van der Waals surface area contributed by atoms with Gasteiger partial charge in [0.25, 0.3) is 0 Å². The largest absolute Gasteiger partial charge is 0.389 e. The summed E-state index contributed by atoms with van der Waals surface area (Å²) in [5.41, 5.74) is -0.616. The summed E-state index contributed by atoms with van der Waals surface area (Å²) in [7, 11) is 0. The summed E-state index contributed by atoms with van der Waals surface area (Å²) in [4.78, 5) is 0. The molecule has 1 fully saturated rings. The topological polar surface area (TPSA) is 41.5 Å². The van der Waals surface area contributed by atoms with Crippen LogP contribution >= 0.6 is 0 Å². The quantitative estimate of drug-likeness (QED) is 0.731. The van der Waals surface area contributed by atoms with Crippen molar-refractivity contribution in [3.63, 3.8) is 0 Å². The van der Waals surface area contributed by atoms with Crippen molar-refractivity contribution in [2.24, 2.45) is 5.92 Å². The van der Waals surface area contributed by atoms with Crippen molar-refractivity contribution in [1.29, 1.82) is 0 Å². The van der Waals surface area contributed by atoms with Gasteiger partial charge in [0.05, 0.1) is 11.7 Å². The Morgan fingerprint density at radius 1 is 1.47 bits per heavy atom. The zero-order chi connectivity index (χ0) is 11.3. The molecule has 0 spiro atoms. The van der Waals surface area contributed by atoms with E-state index in [9.17, 15) is 5.11 Å². The van der Waals surface area contributed by atoms with Crippen LogP contribution in [0.15, 0.2) is 0 Å². The van der Waals surface area contributed by atoms with Crippen molar-refractivity contribution in [2.75, 3.05) is 19.7 Å². The lowest BCUT2D eigenvalue weighted by Crippen LogP contribution is -2.45. The van der Waals surface area contributed by atoms with Crippen molar-refractivity contribution in [2.45, 2.75) is 51.7 Å². The maximum absolute atomic E-state index is 10.0. The standard InChI is InChI=1S/C12H25NO2/c1-10(2)12(3,14)9-13-8-11-6-4-5-7-15-11/h10-11,13-14H,4-9H2,1-3H3. The Morgan fingerprint density at radius 2 is 2.20 bits per heavy atom. The third kappa shape index (κ3) is 4.49. The van der Waals surface area contributed by atoms with Crippen LogP contribution in [0.3, 0.4) is 0 Å². The fourth-order valence-electron chi connectivity index (χ4n) is 1.66. The first-order chi connectivity index (χ1) is 7.02. The summed E-state index contributed by atoms with van der Waals surface area (Å²) < 4.78 is 5.61. The monoisotopic (exact) mass is 215 g/mol. The Bertz CT molecular complexity index is 174. The Hall–Kier alpha value is -0.120. The Labute approximate surface area is 93.2 Å². The molecule has 90 valence electrons. The predicted octanol–water partition coefficient (Wildman–Crippen LogP) is 1.55. The van der Waals surface area contributed by atoms with Gasteiger partial charge in [-0.15, -0.1) is 0 Å². The van der Waals surface area contributed by atoms with Gasteiger partial charge >= 0.3 is 0 Å². The zero-order valence-electron chi connectivity index (χ0n) is 10.3. The van der Waals surface area contributed by atoms with Crippen LogP contribution in [0.1, 0.15) is 40.0 Å². The van der Waals surface area contributed by atoms with E-state index >= 15 is 0 Å². The first-order valence-electron chi connectivity index (χ1n) is 6.07. The summed E-state index contributed by atoms with van der Waals surface area (Å²) in [5, 5.41) is 13.3. The molecule has 0 saturated carbocycles. The lowest BCUT2D eigenvalue weighted by atomic mass is 9.92. The minimum atomic E-state index is -0.616. The van der Waals surface area contributed by atoms with Gasteiger partial charge < -0.3 is 15.2 Å². The highest BCUT2D eigenvalue weighted by Gasteiger charge is 2.24. The van der Waals surface area contributed by atoms with E-state index in [-0.39, 0.29) is 5.92 Å². The molecule has 1 aliphatic rings. The van der Waals surface area contributed by atoms with E-state index < -0.39 is 5.60 Å². The highest BCUT2D eigenvalue weighted by Crippen LogP contribution is 2.15. The molecule has 0 aromatic heterocycles. The molecule has 0 aromatic rings. The second-order valence-corrected chi connectivity index (χ2v) is 5.13. The molecule has 1 heterocycles. The van der Waals surface area contributed by atoms with Gasteiger partial charge in [-0.1, -0.05) is 13.8 Å². The lowest BCUT2D eigenvalue weighted by molar-refractivity contribution is -0.00401. The Balaban J connectivity index is 2.14. The maximum atomic E-state index is 10.0. The van der Waals surface area contributed by atoms with Crippen molar-refractivity contribution in [1.82, 2.24) is 5.32 Å². The second kappa shape index (κ2) is 5.83. The van der Waals surface area contributed by atoms with Crippen LogP contribution in [0.25, 0.3) is 0 Å². The summed E-state index contributed by atoms with van der Waals surface area (Å²) in [6.07, 6.45) is 3.96. The van der Waals surface area contributed by atoms with E-state index in [1.807, 2.05) is 20.8 Å². The minimum Gasteiger partial charge on any atom is -0.389 e. The van der Waals surface area contributed by atoms with Crippen molar-refractivity contribution in [3.05, 3.63) is 0 Å². The molecule has 1 saturated heterocycles. The molecule has 0 aromatic carbocycles. The number of nitrogens with one attached hydrogen (secondary N) is 1. The van der Waals surface area contributed by atoms with Gasteiger partial charge in [0.2, 0.25) is 0 Å². The van der Waals surface area contributed by atoms with E-state index in [0.717, 1.165) is 19.6 Å². The van der Waals surface area contributed by atoms with Gasteiger partial charge in [0.1, 0.15) is 0 Å². The highest BCUT2D eigenvalue weighted by atomic mass is 16.5. The van der Waals surface area contributed by atoms with Gasteiger partial charge in [-0.05, 0) is 32.1 Å². The van der Waals surface area contributed by atoms with Crippen LogP contribution in [0.4, 0.5) is 0 Å². The lowest BCUT2D eigenvalue weighted by Gasteiger charge is -2.30. The minimum absolute atomic E-state index is 0.275. The van der Waals surface area contributed by atoms with Crippen molar-refractivity contribution >= 4 is 0 Å². The Kier molecular flexibility index (Phi) is 5.03. The maximum Gasteiger partial charge on any atom is 0.0766 e. The molecule has 2 atom stereocenters. The molecule has 3 nitrogen and oxygen atoms in total. The number of aliphatic hydroxyl groups is 1. The molecule has 0 bridgehead atoms. The third-order valence-corrected chi connectivity index (χ3v) is 3.37. The highest BCUT2D eigenvalue weighted by molar-refractivity contribution is 4.79. The van der Waals surface area contributed by atoms with Gasteiger partial charge in [-0.2, -0.15) is 0 Å². The molecule has 2 N–H and O–H groups in total. The van der Waals surface area contributed by atoms with E-state index in [1.54, 1.807) is 0 Å². The van der Waals surface area contributed by atoms with E-state index in [0.29, 0.717) is 12.6 Å². The normalized spacial score (nSPS) is 26.6.